The molecular weight excluding hydrogens is 1110 g/mol. The van der Waals surface area contributed by atoms with E-state index in [9.17, 15) is 30.6 Å². The first-order valence-electron chi connectivity index (χ1n) is 32.5. The lowest BCUT2D eigenvalue weighted by Crippen LogP contribution is -2.48. The molecule has 0 spiro atoms. The number of anilines is 1. The number of aliphatic hydroxyl groups is 4. The van der Waals surface area contributed by atoms with Crippen LogP contribution in [0.3, 0.4) is 0 Å². The Hall–Kier alpha value is -7.96. The van der Waals surface area contributed by atoms with Crippen LogP contribution in [0.4, 0.5) is 5.82 Å². The standard InChI is InChI=1S/C76H80N4O9/c81-34-29-57-68(83)24-19-45-36-62(73(86)69(37-45)89-51-13-5-6-14-51)72(85)60-39-50-38-49-27-32-78-75(49)80-65(61-41-66-54(28-33-77-66)63(70(61)74(57)87)42-76(88)30-25-47-12-8-16-67(82)53(47)26-31-76)23-21-56-64-22-18-46(43-79-64)35-48-11-4-7-15-52(48)59(60)40-58(50)55(71(56)84)20-17-44-9-2-1-3-10-44/h1-4,7-12,15-16,26-28,31-33,36-37,39-41,46,51,55-57,63-65,70-72,77-82,84-86,88H,5-6,13-14,17-20,22,24-25,29-30,34-35,38,42-43H2/t46-,55-,56-,57+,63-,64-,65-,70-,71-,72-,76+/m0/s1. The SMILES string of the molecule is O=C1CCc2cc(OC3CCCC3)c(O)c(c2)[C@@H](O)c2cc3c4cc2-c2ccccc2C[C@@H]2CC[C@H](NC2)[C@H](C#C[C@H](Nc2[nH]ccc2C3)C2=Cc3[nH]ccc3[C@H](C[C@]3(O)C=Cc5c(O)cccc5CC3)[C@H]2C(=O)[C@@H]1CCO)[C@@H](O)[C@H]4CCc1ccccc1. The van der Waals surface area contributed by atoms with E-state index in [4.69, 9.17) is 4.74 Å². The van der Waals surface area contributed by atoms with Gasteiger partial charge in [0.1, 0.15) is 29.5 Å². The molecule has 5 aromatic carbocycles. The van der Waals surface area contributed by atoms with Gasteiger partial charge in [-0.1, -0.05) is 103 Å². The van der Waals surface area contributed by atoms with Crippen molar-refractivity contribution in [3.8, 4) is 40.2 Å². The van der Waals surface area contributed by atoms with E-state index in [1.54, 1.807) is 36.4 Å². The minimum Gasteiger partial charge on any atom is -0.507 e. The van der Waals surface area contributed by atoms with Gasteiger partial charge in [-0.15, -0.1) is 0 Å². The zero-order valence-corrected chi connectivity index (χ0v) is 50.3. The number of fused-ring (bicyclic) bond motifs is 10. The average Bonchev–Trinajstić information content (AvgIpc) is 1.79. The third-order valence-electron chi connectivity index (χ3n) is 21.0. The van der Waals surface area contributed by atoms with Crippen molar-refractivity contribution in [2.24, 2.45) is 23.7 Å². The highest BCUT2D eigenvalue weighted by atomic mass is 16.5. The monoisotopic (exact) mass is 1190 g/mol. The summed E-state index contributed by atoms with van der Waals surface area (Å²) in [4.78, 5) is 39.0. The Bertz CT molecular complexity index is 3930. The van der Waals surface area contributed by atoms with Crippen LogP contribution in [0.2, 0.25) is 0 Å². The van der Waals surface area contributed by atoms with Gasteiger partial charge in [-0.2, -0.15) is 0 Å². The van der Waals surface area contributed by atoms with Crippen molar-refractivity contribution in [3.63, 3.8) is 0 Å². The van der Waals surface area contributed by atoms with Crippen LogP contribution in [0.25, 0.3) is 23.3 Å². The van der Waals surface area contributed by atoms with Gasteiger partial charge in [-0.05, 0) is 206 Å². The van der Waals surface area contributed by atoms with E-state index >= 15 is 9.59 Å². The number of aromatic nitrogens is 2. The van der Waals surface area contributed by atoms with Crippen molar-refractivity contribution in [1.29, 1.82) is 0 Å². The molecule has 2 aromatic heterocycles. The normalized spacial score (nSPS) is 27.4. The molecule has 0 unspecified atom stereocenters. The number of ketones is 2. The molecule has 10 bridgehead atoms. The first-order valence-corrected chi connectivity index (χ1v) is 32.5. The average molecular weight is 1190 g/mol. The van der Waals surface area contributed by atoms with E-state index in [-0.39, 0.29) is 78.8 Å². The van der Waals surface area contributed by atoms with Gasteiger partial charge in [0.05, 0.1) is 29.6 Å². The highest BCUT2D eigenvalue weighted by Crippen LogP contribution is 2.51. The predicted octanol–water partition coefficient (Wildman–Crippen LogP) is 11.5. The van der Waals surface area contributed by atoms with E-state index in [2.05, 4.69) is 74.9 Å². The van der Waals surface area contributed by atoms with Gasteiger partial charge in [0.15, 0.2) is 17.3 Å². The first-order chi connectivity index (χ1) is 43.4. The quantitative estimate of drug-likeness (QED) is 0.0484. The highest BCUT2D eigenvalue weighted by molar-refractivity contribution is 6.05. The number of hydrogen-bond acceptors (Lipinski definition) is 11. The van der Waals surface area contributed by atoms with Crippen LogP contribution >= 0.6 is 0 Å². The Balaban J connectivity index is 1.02. The lowest BCUT2D eigenvalue weighted by atomic mass is 9.65. The Morgan fingerprint density at radius 2 is 1.54 bits per heavy atom. The topological polar surface area (TPSA) is 220 Å². The van der Waals surface area contributed by atoms with Crippen LogP contribution in [0.1, 0.15) is 155 Å². The number of aliphatic hydroxyl groups excluding tert-OH is 3. The molecule has 11 atom stereocenters. The number of hydrogen-bond donors (Lipinski definition) is 10. The molecule has 15 rings (SSSR count). The maximum absolute atomic E-state index is 16.5. The number of phenols is 2. The summed E-state index contributed by atoms with van der Waals surface area (Å²) in [7, 11) is 0. The molecule has 13 heteroatoms. The van der Waals surface area contributed by atoms with E-state index in [1.807, 2.05) is 60.9 Å². The van der Waals surface area contributed by atoms with Crippen LogP contribution in [0, 0.1) is 35.5 Å². The molecule has 0 radical (unpaired) electrons. The molecule has 1 saturated carbocycles. The molecule has 13 nitrogen and oxygen atoms in total. The van der Waals surface area contributed by atoms with Crippen LogP contribution < -0.4 is 15.4 Å². The predicted molar refractivity (Wildman–Crippen MR) is 344 cm³/mol. The number of carbonyl (C=O) groups excluding carboxylic acids is 2. The van der Waals surface area contributed by atoms with E-state index in [0.29, 0.717) is 60.3 Å². The van der Waals surface area contributed by atoms with Crippen LogP contribution in [0.15, 0.2) is 133 Å². The maximum atomic E-state index is 16.5. The number of rotatable bonds is 9. The van der Waals surface area contributed by atoms with Gasteiger partial charge in [0, 0.05) is 72.5 Å². The van der Waals surface area contributed by atoms with Gasteiger partial charge in [0.2, 0.25) is 0 Å². The minimum absolute atomic E-state index is 0.0652. The van der Waals surface area contributed by atoms with Crippen LogP contribution in [-0.2, 0) is 41.7 Å². The van der Waals surface area contributed by atoms with E-state index < -0.39 is 65.8 Å². The van der Waals surface area contributed by atoms with Crippen LogP contribution in [-0.4, -0.2) is 95.2 Å². The second kappa shape index (κ2) is 24.8. The lowest BCUT2D eigenvalue weighted by Gasteiger charge is -2.40. The molecule has 0 amide bonds. The van der Waals surface area contributed by atoms with Gasteiger partial charge >= 0.3 is 0 Å². The van der Waals surface area contributed by atoms with E-state index in [1.165, 1.54) is 0 Å². The Kier molecular flexibility index (Phi) is 16.3. The fourth-order valence-electron chi connectivity index (χ4n) is 16.2. The summed E-state index contributed by atoms with van der Waals surface area (Å²) in [6.07, 6.45) is 14.8. The van der Waals surface area contributed by atoms with Crippen LogP contribution in [0.5, 0.6) is 17.2 Å². The van der Waals surface area contributed by atoms with Crippen molar-refractivity contribution in [3.05, 3.63) is 200 Å². The fraction of sp³-hybridized carbons (Fsp3) is 0.395. The Morgan fingerprint density at radius 3 is 2.37 bits per heavy atom. The molecular formula is C76H80N4O9. The summed E-state index contributed by atoms with van der Waals surface area (Å²) >= 11 is 0. The molecule has 89 heavy (non-hydrogen) atoms. The summed E-state index contributed by atoms with van der Waals surface area (Å²) in [5.41, 5.74) is 10.3. The zero-order valence-electron chi connectivity index (χ0n) is 50.3. The molecule has 4 aliphatic carbocycles. The summed E-state index contributed by atoms with van der Waals surface area (Å²) in [6, 6.07) is 34.9. The van der Waals surface area contributed by atoms with E-state index in [0.717, 1.165) is 101 Å². The number of phenolic OH excluding ortho intramolecular Hbond substituents is 2. The summed E-state index contributed by atoms with van der Waals surface area (Å²) in [6.45, 7) is 0.229. The van der Waals surface area contributed by atoms with Crippen molar-refractivity contribution in [1.82, 2.24) is 15.3 Å². The highest BCUT2D eigenvalue weighted by Gasteiger charge is 2.47. The van der Waals surface area contributed by atoms with Crippen molar-refractivity contribution < 1.29 is 45.0 Å². The Morgan fingerprint density at radius 1 is 0.719 bits per heavy atom. The number of aromatic amines is 2. The maximum Gasteiger partial charge on any atom is 0.163 e. The number of carbonyl (C=O) groups is 2. The molecule has 6 heterocycles. The van der Waals surface area contributed by atoms with Crippen molar-refractivity contribution >= 4 is 29.5 Å². The smallest absolute Gasteiger partial charge is 0.163 e. The summed E-state index contributed by atoms with van der Waals surface area (Å²) < 4.78 is 6.70. The second-order valence-corrected chi connectivity index (χ2v) is 26.5. The molecule has 7 aromatic rings. The van der Waals surface area contributed by atoms with Gasteiger partial charge in [-0.25, -0.2) is 0 Å². The minimum atomic E-state index is -1.49. The molecule has 4 aliphatic heterocycles. The number of piperidine rings is 1. The van der Waals surface area contributed by atoms with Gasteiger partial charge < -0.3 is 56.0 Å². The first kappa shape index (κ1) is 58.7. The number of H-pyrrole nitrogens is 2. The zero-order chi connectivity index (χ0) is 60.9. The fourth-order valence-corrected chi connectivity index (χ4v) is 16.2. The molecule has 8 aliphatic rings. The van der Waals surface area contributed by atoms with Gasteiger partial charge in [-0.3, -0.25) is 9.59 Å². The van der Waals surface area contributed by atoms with Crippen molar-refractivity contribution in [2.45, 2.75) is 151 Å². The number of ether oxygens (including phenoxy) is 1. The van der Waals surface area contributed by atoms with Crippen molar-refractivity contribution in [2.75, 3.05) is 18.5 Å². The largest absolute Gasteiger partial charge is 0.507 e. The summed E-state index contributed by atoms with van der Waals surface area (Å²) in [5.74, 6) is 3.57. The number of aryl methyl sites for hydroxylation is 3. The third kappa shape index (κ3) is 11.6. The molecule has 1 saturated heterocycles. The second-order valence-electron chi connectivity index (χ2n) is 26.5. The number of Topliss-reactive ketones (excluding diaryl/α,β-unsaturated/α-hetero) is 2. The number of nitrogens with one attached hydrogen (secondary N) is 4. The Labute approximate surface area is 520 Å². The number of benzene rings is 5. The molecule has 2 fully saturated rings. The molecule has 458 valence electrons. The molecule has 10 N–H and O–H groups in total. The third-order valence-corrected chi connectivity index (χ3v) is 21.0. The number of aromatic hydroxyl groups is 2. The lowest BCUT2D eigenvalue weighted by molar-refractivity contribution is -0.135. The van der Waals surface area contributed by atoms with Gasteiger partial charge in [0.25, 0.3) is 0 Å². The summed E-state index contributed by atoms with van der Waals surface area (Å²) in [5, 5.41) is 83.0.